The molecule has 13 heteroatoms. The van der Waals surface area contributed by atoms with Crippen molar-refractivity contribution in [3.05, 3.63) is 0 Å². The molecule has 0 aliphatic rings. The molecule has 0 saturated carbocycles. The Kier molecular flexibility index (Phi) is 29.8. The Hall–Kier alpha value is 2.97. The second-order valence-corrected chi connectivity index (χ2v) is 2.57. The van der Waals surface area contributed by atoms with Crippen molar-refractivity contribution in [1.82, 2.24) is 6.15 Å². The molecule has 0 amide bonds. The first-order chi connectivity index (χ1) is 4.00. The van der Waals surface area contributed by atoms with Gasteiger partial charge < -0.3 is 15.3 Å². The van der Waals surface area contributed by atoms with Gasteiger partial charge in [-0.15, -0.1) is 0 Å². The molecule has 0 saturated heterocycles. The Morgan fingerprint density at radius 3 is 0.769 bits per heavy atom. The molecule has 0 aromatic rings. The summed E-state index contributed by atoms with van der Waals surface area (Å²) in [6.07, 6.45) is 0. The number of hydrogen-bond acceptors (Lipinski definition) is 7. The van der Waals surface area contributed by atoms with Gasteiger partial charge in [0.2, 0.25) is 20.8 Å². The van der Waals surface area contributed by atoms with Crippen LogP contribution in [0.3, 0.4) is 0 Å². The van der Waals surface area contributed by atoms with Crippen molar-refractivity contribution in [2.75, 3.05) is 0 Å². The smallest absolute Gasteiger partial charge is 0.726 e. The third-order valence-electron chi connectivity index (χ3n) is 0. The van der Waals surface area contributed by atoms with Crippen molar-refractivity contribution < 1.29 is 138 Å². The van der Waals surface area contributed by atoms with Gasteiger partial charge in [-0.3, -0.25) is 9.11 Å². The van der Waals surface area contributed by atoms with E-state index in [1.165, 1.54) is 0 Å². The monoisotopic (exact) mass is 289 g/mol. The molecule has 0 unspecified atom stereocenters. The minimum Gasteiger partial charge on any atom is -0.726 e. The quantitative estimate of drug-likeness (QED) is 0.221. The fourth-order valence-electron chi connectivity index (χ4n) is 0. The maximum absolute atomic E-state index is 8.63. The zero-order chi connectivity index (χ0) is 9.00. The first-order valence-electron chi connectivity index (χ1n) is 1.37. The first-order valence-corrected chi connectivity index (χ1v) is 4.10. The van der Waals surface area contributed by atoms with E-state index in [-0.39, 0.29) is 109 Å². The molecule has 0 aromatic carbocycles. The fraction of sp³-hybridized carbons (Fsp3) is 0. The van der Waals surface area contributed by atoms with E-state index in [0.29, 0.717) is 0 Å². The molecule has 72 valence electrons. The Labute approximate surface area is 161 Å². The number of rotatable bonds is 0. The van der Waals surface area contributed by atoms with Crippen molar-refractivity contribution in [1.29, 1.82) is 0 Å². The predicted molar refractivity (Wildman–Crippen MR) is 29.7 cm³/mol. The fourth-order valence-corrected chi connectivity index (χ4v) is 0. The topological polar surface area (TPSA) is 190 Å². The molecule has 0 aliphatic heterocycles. The Morgan fingerprint density at radius 2 is 0.769 bits per heavy atom. The molecule has 13 heavy (non-hydrogen) atoms. The third kappa shape index (κ3) is 285. The molecule has 9 nitrogen and oxygen atoms in total. The van der Waals surface area contributed by atoms with Crippen LogP contribution in [0.1, 0.15) is 0 Å². The van der Waals surface area contributed by atoms with Crippen LogP contribution in [-0.4, -0.2) is 35.0 Å². The van der Waals surface area contributed by atoms with E-state index in [1.54, 1.807) is 0 Å². The molecule has 0 fully saturated rings. The average molecular weight is 289 g/mol. The summed E-state index contributed by atoms with van der Waals surface area (Å²) >= 11 is 0. The second kappa shape index (κ2) is 13.0. The standard InChI is InChI=1S/2K.H3N.2H2O4S/c;;;2*1-5(2,3)4/h;;1H3;2*(H2,1,2,3,4)/q2*+1;;;/p-2. The average Bonchev–Trinajstić information content (AvgIpc) is 1.12. The van der Waals surface area contributed by atoms with Crippen LogP contribution in [0.2, 0.25) is 0 Å². The zero-order valence-corrected chi connectivity index (χ0v) is 14.7. The summed E-state index contributed by atoms with van der Waals surface area (Å²) in [6.45, 7) is 0. The molecule has 5 N–H and O–H groups in total. The second-order valence-electron chi connectivity index (χ2n) is 0.855. The largest absolute Gasteiger partial charge is 1.00 e. The van der Waals surface area contributed by atoms with Gasteiger partial charge in [0, 0.05) is 0 Å². The molecule has 0 aromatic heterocycles. The van der Waals surface area contributed by atoms with Gasteiger partial charge in [0.05, 0.1) is 0 Å². The van der Waals surface area contributed by atoms with Gasteiger partial charge in [0.25, 0.3) is 0 Å². The van der Waals surface area contributed by atoms with Crippen LogP contribution in [0.4, 0.5) is 0 Å². The van der Waals surface area contributed by atoms with Crippen LogP contribution in [0.5, 0.6) is 0 Å². The molecule has 0 aliphatic carbocycles. The van der Waals surface area contributed by atoms with Crippen molar-refractivity contribution in [2.45, 2.75) is 0 Å². The van der Waals surface area contributed by atoms with E-state index in [1.807, 2.05) is 0 Å². The molecule has 0 heterocycles. The van der Waals surface area contributed by atoms with Gasteiger partial charge in [-0.25, -0.2) is 16.8 Å². The van der Waals surface area contributed by atoms with Crippen molar-refractivity contribution >= 4 is 20.8 Å². The van der Waals surface area contributed by atoms with Crippen LogP contribution in [-0.2, 0) is 20.8 Å². The predicted octanol–water partition coefficient (Wildman–Crippen LogP) is -7.82. The summed E-state index contributed by atoms with van der Waals surface area (Å²) in [5.74, 6) is 0. The van der Waals surface area contributed by atoms with Crippen LogP contribution in [0.25, 0.3) is 0 Å². The summed E-state index contributed by atoms with van der Waals surface area (Å²) in [7, 11) is -9.83. The third-order valence-corrected chi connectivity index (χ3v) is 0. The molecule has 0 rings (SSSR count). The molecular formula is H5K2NO8S2. The van der Waals surface area contributed by atoms with E-state index in [0.717, 1.165) is 0 Å². The summed E-state index contributed by atoms with van der Waals surface area (Å²) < 4.78 is 65.7. The van der Waals surface area contributed by atoms with Gasteiger partial charge in [0.15, 0.2) is 0 Å². The minimum absolute atomic E-state index is 0. The van der Waals surface area contributed by atoms with Crippen molar-refractivity contribution in [3.8, 4) is 0 Å². The summed E-state index contributed by atoms with van der Waals surface area (Å²) in [5, 5.41) is 0. The Morgan fingerprint density at radius 1 is 0.769 bits per heavy atom. The van der Waals surface area contributed by atoms with Crippen LogP contribution >= 0.6 is 0 Å². The van der Waals surface area contributed by atoms with E-state index in [4.69, 9.17) is 35.0 Å². The van der Waals surface area contributed by atoms with Gasteiger partial charge in [-0.1, -0.05) is 0 Å². The van der Waals surface area contributed by atoms with Crippen LogP contribution in [0.15, 0.2) is 0 Å². The van der Waals surface area contributed by atoms with Crippen molar-refractivity contribution in [3.63, 3.8) is 0 Å². The zero-order valence-electron chi connectivity index (χ0n) is 6.87. The van der Waals surface area contributed by atoms with Gasteiger partial charge in [0.1, 0.15) is 0 Å². The maximum atomic E-state index is 8.63. The van der Waals surface area contributed by atoms with Gasteiger partial charge >= 0.3 is 103 Å². The van der Waals surface area contributed by atoms with E-state index in [9.17, 15) is 0 Å². The van der Waals surface area contributed by atoms with E-state index >= 15 is 0 Å². The molecule has 0 atom stereocenters. The number of hydrogen-bond donors (Lipinski definition) is 3. The SMILES string of the molecule is N.O=S(=O)([O-])O.O=S(=O)([O-])O.[K+].[K+]. The van der Waals surface area contributed by atoms with Gasteiger partial charge in [-0.2, -0.15) is 0 Å². The summed E-state index contributed by atoms with van der Waals surface area (Å²) in [4.78, 5) is 0. The van der Waals surface area contributed by atoms with Crippen LogP contribution in [0, 0.1) is 0 Å². The van der Waals surface area contributed by atoms with E-state index < -0.39 is 20.8 Å². The summed E-state index contributed by atoms with van der Waals surface area (Å²) in [5.41, 5.74) is 0. The first kappa shape index (κ1) is 29.7. The molecular weight excluding hydrogens is 284 g/mol. The normalized spacial score (nSPS) is 8.92. The minimum atomic E-state index is -4.92. The van der Waals surface area contributed by atoms with Crippen LogP contribution < -0.4 is 109 Å². The molecule has 0 spiro atoms. The van der Waals surface area contributed by atoms with Gasteiger partial charge in [-0.05, 0) is 0 Å². The Bertz CT molecular complexity index is 217. The Balaban J connectivity index is -0.0000000267. The van der Waals surface area contributed by atoms with E-state index in [2.05, 4.69) is 0 Å². The summed E-state index contributed by atoms with van der Waals surface area (Å²) in [6, 6.07) is 0. The van der Waals surface area contributed by atoms with Crippen molar-refractivity contribution in [2.24, 2.45) is 0 Å². The maximum Gasteiger partial charge on any atom is 1.00 e. The molecule has 0 radical (unpaired) electrons. The molecule has 0 bridgehead atoms.